The molecule has 17 heavy (non-hydrogen) atoms. The fraction of sp³-hybridized carbons (Fsp3) is 0.400. The third-order valence-corrected chi connectivity index (χ3v) is 3.39. The SMILES string of the molecule is CCC1=C(C)C(=Cc2[nH]c(C)cc2C)N=C1C. The van der Waals surface area contributed by atoms with Gasteiger partial charge in [0.15, 0.2) is 0 Å². The Balaban J connectivity index is 2.44. The number of aliphatic imine (C=N–C) groups is 1. The molecule has 1 aromatic rings. The van der Waals surface area contributed by atoms with Crippen LogP contribution in [0.3, 0.4) is 0 Å². The van der Waals surface area contributed by atoms with E-state index in [1.807, 2.05) is 0 Å². The molecule has 0 atom stereocenters. The topological polar surface area (TPSA) is 28.1 Å². The molecule has 2 heteroatoms. The summed E-state index contributed by atoms with van der Waals surface area (Å²) in [5.74, 6) is 0. The minimum Gasteiger partial charge on any atom is -0.359 e. The molecular formula is C15H20N2. The quantitative estimate of drug-likeness (QED) is 0.787. The second-order valence-corrected chi connectivity index (χ2v) is 4.73. The van der Waals surface area contributed by atoms with Crippen LogP contribution in [0.2, 0.25) is 0 Å². The lowest BCUT2D eigenvalue weighted by Crippen LogP contribution is -1.91. The van der Waals surface area contributed by atoms with Crippen molar-refractivity contribution in [2.24, 2.45) is 4.99 Å². The van der Waals surface area contributed by atoms with Crippen LogP contribution in [0.4, 0.5) is 0 Å². The summed E-state index contributed by atoms with van der Waals surface area (Å²) in [4.78, 5) is 8.02. The van der Waals surface area contributed by atoms with Gasteiger partial charge in [0.2, 0.25) is 0 Å². The van der Waals surface area contributed by atoms with Crippen LogP contribution < -0.4 is 0 Å². The highest BCUT2D eigenvalue weighted by Gasteiger charge is 2.16. The van der Waals surface area contributed by atoms with E-state index in [-0.39, 0.29) is 0 Å². The second kappa shape index (κ2) is 4.36. The van der Waals surface area contributed by atoms with Crippen LogP contribution in [0.15, 0.2) is 27.9 Å². The summed E-state index contributed by atoms with van der Waals surface area (Å²) < 4.78 is 0. The Hall–Kier alpha value is -1.57. The zero-order valence-electron chi connectivity index (χ0n) is 11.3. The van der Waals surface area contributed by atoms with Crippen LogP contribution in [0.5, 0.6) is 0 Å². The lowest BCUT2D eigenvalue weighted by atomic mass is 10.0. The number of nitrogens with zero attached hydrogens (tertiary/aromatic N) is 1. The molecule has 2 rings (SSSR count). The summed E-state index contributed by atoms with van der Waals surface area (Å²) >= 11 is 0. The number of hydrogen-bond donors (Lipinski definition) is 1. The van der Waals surface area contributed by atoms with Gasteiger partial charge in [-0.15, -0.1) is 0 Å². The standard InChI is InChI=1S/C15H20N2/c1-6-13-11(4)15(17-12(13)5)8-14-9(2)7-10(3)16-14/h7-8,16H,6H2,1-5H3. The molecule has 0 aliphatic carbocycles. The molecule has 2 heterocycles. The van der Waals surface area contributed by atoms with Crippen LogP contribution in [-0.4, -0.2) is 10.7 Å². The first-order valence-electron chi connectivity index (χ1n) is 6.16. The lowest BCUT2D eigenvalue weighted by Gasteiger charge is -2.00. The molecule has 1 aliphatic rings. The molecule has 1 aliphatic heterocycles. The Morgan fingerprint density at radius 3 is 2.41 bits per heavy atom. The van der Waals surface area contributed by atoms with Gasteiger partial charge in [-0.25, -0.2) is 0 Å². The van der Waals surface area contributed by atoms with Gasteiger partial charge in [-0.2, -0.15) is 0 Å². The summed E-state index contributed by atoms with van der Waals surface area (Å²) in [5, 5.41) is 0. The molecular weight excluding hydrogens is 208 g/mol. The largest absolute Gasteiger partial charge is 0.359 e. The second-order valence-electron chi connectivity index (χ2n) is 4.73. The predicted molar refractivity (Wildman–Crippen MR) is 74.3 cm³/mol. The van der Waals surface area contributed by atoms with Gasteiger partial charge in [0.25, 0.3) is 0 Å². The van der Waals surface area contributed by atoms with Crippen LogP contribution in [0, 0.1) is 13.8 Å². The van der Waals surface area contributed by atoms with E-state index < -0.39 is 0 Å². The molecule has 0 saturated carbocycles. The van der Waals surface area contributed by atoms with Gasteiger partial charge < -0.3 is 4.98 Å². The monoisotopic (exact) mass is 228 g/mol. The molecule has 0 unspecified atom stereocenters. The normalized spacial score (nSPS) is 18.2. The highest BCUT2D eigenvalue weighted by molar-refractivity contribution is 6.03. The molecule has 0 fully saturated rings. The first-order valence-corrected chi connectivity index (χ1v) is 6.16. The fourth-order valence-electron chi connectivity index (χ4n) is 2.46. The van der Waals surface area contributed by atoms with E-state index in [0.717, 1.165) is 17.8 Å². The molecule has 1 aromatic heterocycles. The molecule has 0 aromatic carbocycles. The first-order chi connectivity index (χ1) is 8.02. The van der Waals surface area contributed by atoms with Crippen LogP contribution in [0.25, 0.3) is 6.08 Å². The van der Waals surface area contributed by atoms with Gasteiger partial charge in [-0.1, -0.05) is 6.92 Å². The number of nitrogens with one attached hydrogen (secondary N) is 1. The first kappa shape index (κ1) is 11.9. The van der Waals surface area contributed by atoms with Crippen LogP contribution in [0.1, 0.15) is 44.1 Å². The Kier molecular flexibility index (Phi) is 3.05. The van der Waals surface area contributed by atoms with E-state index in [1.54, 1.807) is 0 Å². The third kappa shape index (κ3) is 2.12. The van der Waals surface area contributed by atoms with E-state index >= 15 is 0 Å². The highest BCUT2D eigenvalue weighted by Crippen LogP contribution is 2.29. The van der Waals surface area contributed by atoms with E-state index in [2.05, 4.69) is 56.7 Å². The molecule has 1 N–H and O–H groups in total. The van der Waals surface area contributed by atoms with Crippen molar-refractivity contribution in [1.82, 2.24) is 4.98 Å². The number of aromatic nitrogens is 1. The molecule has 0 bridgehead atoms. The lowest BCUT2D eigenvalue weighted by molar-refractivity contribution is 1.15. The number of hydrogen-bond acceptors (Lipinski definition) is 1. The average Bonchev–Trinajstić information content (AvgIpc) is 2.69. The van der Waals surface area contributed by atoms with E-state index in [0.29, 0.717) is 0 Å². The Morgan fingerprint density at radius 1 is 1.24 bits per heavy atom. The molecule has 0 spiro atoms. The number of allylic oxidation sites excluding steroid dienone is 2. The molecule has 90 valence electrons. The zero-order valence-corrected chi connectivity index (χ0v) is 11.3. The predicted octanol–water partition coefficient (Wildman–Crippen LogP) is 4.17. The molecule has 2 nitrogen and oxygen atoms in total. The van der Waals surface area contributed by atoms with Gasteiger partial charge in [-0.3, -0.25) is 4.99 Å². The summed E-state index contributed by atoms with van der Waals surface area (Å²) in [6, 6.07) is 2.16. The maximum atomic E-state index is 4.65. The van der Waals surface area contributed by atoms with Crippen molar-refractivity contribution >= 4 is 11.8 Å². The van der Waals surface area contributed by atoms with Crippen LogP contribution >= 0.6 is 0 Å². The minimum absolute atomic E-state index is 1.06. The maximum absolute atomic E-state index is 4.65. The van der Waals surface area contributed by atoms with Gasteiger partial charge in [-0.05, 0) is 63.0 Å². The van der Waals surface area contributed by atoms with Gasteiger partial charge >= 0.3 is 0 Å². The van der Waals surface area contributed by atoms with Crippen molar-refractivity contribution in [1.29, 1.82) is 0 Å². The number of H-pyrrole nitrogens is 1. The third-order valence-electron chi connectivity index (χ3n) is 3.39. The summed E-state index contributed by atoms with van der Waals surface area (Å²) in [6.45, 7) is 10.6. The van der Waals surface area contributed by atoms with Gasteiger partial charge in [0.05, 0.1) is 5.70 Å². The number of rotatable bonds is 2. The summed E-state index contributed by atoms with van der Waals surface area (Å²) in [5.41, 5.74) is 8.62. The van der Waals surface area contributed by atoms with Crippen molar-refractivity contribution in [2.75, 3.05) is 0 Å². The molecule has 0 amide bonds. The van der Waals surface area contributed by atoms with Crippen molar-refractivity contribution in [2.45, 2.75) is 41.0 Å². The van der Waals surface area contributed by atoms with Crippen molar-refractivity contribution in [3.05, 3.63) is 39.9 Å². The van der Waals surface area contributed by atoms with E-state index in [9.17, 15) is 0 Å². The average molecular weight is 228 g/mol. The Bertz CT molecular complexity index is 539. The van der Waals surface area contributed by atoms with Crippen molar-refractivity contribution in [3.8, 4) is 0 Å². The Morgan fingerprint density at radius 2 is 1.94 bits per heavy atom. The fourth-order valence-corrected chi connectivity index (χ4v) is 2.46. The zero-order chi connectivity index (χ0) is 12.6. The smallest absolute Gasteiger partial charge is 0.0686 e. The minimum atomic E-state index is 1.06. The summed E-state index contributed by atoms with van der Waals surface area (Å²) in [7, 11) is 0. The number of aryl methyl sites for hydroxylation is 2. The maximum Gasteiger partial charge on any atom is 0.0686 e. The van der Waals surface area contributed by atoms with Crippen molar-refractivity contribution in [3.63, 3.8) is 0 Å². The summed E-state index contributed by atoms with van der Waals surface area (Å²) in [6.07, 6.45) is 3.21. The van der Waals surface area contributed by atoms with Crippen molar-refractivity contribution < 1.29 is 0 Å². The van der Waals surface area contributed by atoms with E-state index in [1.165, 1.54) is 28.1 Å². The number of aromatic amines is 1. The van der Waals surface area contributed by atoms with Crippen LogP contribution in [-0.2, 0) is 0 Å². The molecule has 0 saturated heterocycles. The highest BCUT2D eigenvalue weighted by atomic mass is 14.8. The Labute approximate surface area is 103 Å². The van der Waals surface area contributed by atoms with Gasteiger partial charge in [0, 0.05) is 17.1 Å². The van der Waals surface area contributed by atoms with Gasteiger partial charge in [0.1, 0.15) is 0 Å². The van der Waals surface area contributed by atoms with E-state index in [4.69, 9.17) is 0 Å². The molecule has 0 radical (unpaired) electrons.